The highest BCUT2D eigenvalue weighted by molar-refractivity contribution is 5.95. The molecule has 5 aromatic carbocycles. The van der Waals surface area contributed by atoms with Gasteiger partial charge in [0, 0.05) is 5.69 Å². The third-order valence-electron chi connectivity index (χ3n) is 7.56. The lowest BCUT2D eigenvalue weighted by atomic mass is 10.2. The van der Waals surface area contributed by atoms with Crippen molar-refractivity contribution in [2.24, 2.45) is 0 Å². The van der Waals surface area contributed by atoms with Gasteiger partial charge in [-0.05, 0) is 66.7 Å². The van der Waals surface area contributed by atoms with Crippen LogP contribution in [0.25, 0.3) is 67.1 Å². The van der Waals surface area contributed by atoms with Crippen molar-refractivity contribution in [3.63, 3.8) is 0 Å². The Morgan fingerprint density at radius 2 is 0.868 bits per heavy atom. The van der Waals surface area contributed by atoms with Crippen molar-refractivity contribution < 1.29 is 0 Å². The van der Waals surface area contributed by atoms with Crippen molar-refractivity contribution in [3.8, 4) is 11.4 Å². The molecular formula is C32H20N6. The van der Waals surface area contributed by atoms with Crippen molar-refractivity contribution in [1.82, 2.24) is 27.9 Å². The largest absolute Gasteiger partial charge is 0.278 e. The number of fused-ring (bicyclic) bond motifs is 10. The monoisotopic (exact) mass is 488 g/mol. The van der Waals surface area contributed by atoms with Crippen LogP contribution in [-0.2, 0) is 0 Å². The van der Waals surface area contributed by atoms with Crippen LogP contribution < -0.4 is 0 Å². The minimum Gasteiger partial charge on any atom is -0.278 e. The predicted molar refractivity (Wildman–Crippen MR) is 153 cm³/mol. The van der Waals surface area contributed by atoms with Gasteiger partial charge in [-0.1, -0.05) is 54.6 Å². The fourth-order valence-electron chi connectivity index (χ4n) is 5.96. The summed E-state index contributed by atoms with van der Waals surface area (Å²) in [6.45, 7) is 0. The van der Waals surface area contributed by atoms with Gasteiger partial charge in [0.05, 0.1) is 49.8 Å². The van der Waals surface area contributed by atoms with Crippen LogP contribution in [0.4, 0.5) is 0 Å². The van der Waals surface area contributed by atoms with Gasteiger partial charge in [-0.2, -0.15) is 0 Å². The molecule has 0 aliphatic heterocycles. The molecule has 9 aromatic rings. The second kappa shape index (κ2) is 7.11. The normalized spacial score (nSPS) is 12.2. The van der Waals surface area contributed by atoms with Crippen LogP contribution in [0, 0.1) is 0 Å². The second-order valence-electron chi connectivity index (χ2n) is 9.64. The van der Waals surface area contributed by atoms with E-state index in [-0.39, 0.29) is 0 Å². The Hall–Kier alpha value is -5.36. The molecule has 6 heteroatoms. The average Bonchev–Trinajstić information content (AvgIpc) is 3.69. The van der Waals surface area contributed by atoms with E-state index in [0.717, 1.165) is 67.1 Å². The molecule has 0 aliphatic carbocycles. The van der Waals surface area contributed by atoms with Crippen LogP contribution in [0.2, 0.25) is 0 Å². The summed E-state index contributed by atoms with van der Waals surface area (Å²) in [5.41, 5.74) is 10.8. The number of hydrogen-bond donors (Lipinski definition) is 0. The maximum absolute atomic E-state index is 5.07. The van der Waals surface area contributed by atoms with Crippen molar-refractivity contribution in [2.75, 3.05) is 0 Å². The molecule has 0 saturated carbocycles. The summed E-state index contributed by atoms with van der Waals surface area (Å²) in [5, 5.41) is 0. The molecule has 0 fully saturated rings. The first-order valence-corrected chi connectivity index (χ1v) is 12.7. The summed E-state index contributed by atoms with van der Waals surface area (Å²) in [4.78, 5) is 10.1. The number of nitrogens with zero attached hydrogens (tertiary/aromatic N) is 6. The Bertz CT molecular complexity index is 2350. The van der Waals surface area contributed by atoms with Gasteiger partial charge in [0.15, 0.2) is 0 Å². The van der Waals surface area contributed by atoms with E-state index >= 15 is 0 Å². The number of aromatic nitrogens is 6. The molecule has 0 amide bonds. The van der Waals surface area contributed by atoms with E-state index in [1.807, 2.05) is 18.2 Å². The van der Waals surface area contributed by atoms with Crippen LogP contribution in [0.5, 0.6) is 0 Å². The fourth-order valence-corrected chi connectivity index (χ4v) is 5.96. The summed E-state index contributed by atoms with van der Waals surface area (Å²) in [7, 11) is 0. The van der Waals surface area contributed by atoms with E-state index in [4.69, 9.17) is 9.97 Å². The van der Waals surface area contributed by atoms with E-state index in [0.29, 0.717) is 0 Å². The van der Waals surface area contributed by atoms with E-state index in [2.05, 4.69) is 121 Å². The van der Waals surface area contributed by atoms with Crippen molar-refractivity contribution >= 4 is 55.7 Å². The molecule has 4 heterocycles. The van der Waals surface area contributed by atoms with Crippen LogP contribution in [0.15, 0.2) is 121 Å². The molecule has 0 atom stereocenters. The van der Waals surface area contributed by atoms with E-state index in [1.165, 1.54) is 0 Å². The summed E-state index contributed by atoms with van der Waals surface area (Å²) in [5.74, 6) is 1.81. The number of hydrogen-bond acceptors (Lipinski definition) is 2. The zero-order chi connectivity index (χ0) is 24.8. The first-order valence-electron chi connectivity index (χ1n) is 12.7. The molecule has 178 valence electrons. The first kappa shape index (κ1) is 19.8. The smallest absolute Gasteiger partial charge is 0.220 e. The molecule has 38 heavy (non-hydrogen) atoms. The average molecular weight is 489 g/mol. The Morgan fingerprint density at radius 1 is 0.368 bits per heavy atom. The highest BCUT2D eigenvalue weighted by Gasteiger charge is 2.20. The quantitative estimate of drug-likeness (QED) is 0.259. The van der Waals surface area contributed by atoms with Gasteiger partial charge in [-0.3, -0.25) is 17.9 Å². The minimum absolute atomic E-state index is 0.901. The van der Waals surface area contributed by atoms with Crippen molar-refractivity contribution in [2.45, 2.75) is 0 Å². The van der Waals surface area contributed by atoms with Crippen LogP contribution in [0.3, 0.4) is 0 Å². The highest BCUT2D eigenvalue weighted by Crippen LogP contribution is 2.33. The Labute approximate surface area is 216 Å². The molecule has 0 N–H and O–H groups in total. The molecule has 9 rings (SSSR count). The summed E-state index contributed by atoms with van der Waals surface area (Å²) in [6.07, 6.45) is 0. The number of para-hydroxylation sites is 7. The highest BCUT2D eigenvalue weighted by atomic mass is 15.2. The SMILES string of the molecule is c1ccc(-n2c3ccc(-n4c5ccccc5n5c6ccccc6nc45)cc3n3c4ccccc4nc23)cc1. The molecule has 6 nitrogen and oxygen atoms in total. The third-order valence-corrected chi connectivity index (χ3v) is 7.56. The molecular weight excluding hydrogens is 468 g/mol. The first-order chi connectivity index (χ1) is 18.9. The maximum Gasteiger partial charge on any atom is 0.220 e. The van der Waals surface area contributed by atoms with Crippen LogP contribution in [-0.4, -0.2) is 27.9 Å². The topological polar surface area (TPSA) is 44.5 Å². The molecule has 0 bridgehead atoms. The van der Waals surface area contributed by atoms with Gasteiger partial charge < -0.3 is 0 Å². The van der Waals surface area contributed by atoms with Crippen molar-refractivity contribution in [1.29, 1.82) is 0 Å². The standard InChI is InChI=1S/C32H20N6/c1-2-10-21(11-3-1)35-29-19-18-22(20-30(29)38-26-15-7-5-13-24(26)33-31(35)38)36-27-16-8-9-17-28(27)37-25-14-6-4-12-23(25)34-32(36)37/h1-20H. The van der Waals surface area contributed by atoms with Gasteiger partial charge in [0.2, 0.25) is 11.6 Å². The molecule has 0 saturated heterocycles. The Morgan fingerprint density at radius 3 is 1.55 bits per heavy atom. The second-order valence-corrected chi connectivity index (χ2v) is 9.64. The van der Waals surface area contributed by atoms with Crippen LogP contribution in [0.1, 0.15) is 0 Å². The van der Waals surface area contributed by atoms with Crippen molar-refractivity contribution in [3.05, 3.63) is 121 Å². The lowest BCUT2D eigenvalue weighted by molar-refractivity contribution is 1.11. The van der Waals surface area contributed by atoms with Crippen LogP contribution >= 0.6 is 0 Å². The fraction of sp³-hybridized carbons (Fsp3) is 0. The molecule has 4 aromatic heterocycles. The number of rotatable bonds is 2. The number of imidazole rings is 4. The van der Waals surface area contributed by atoms with Gasteiger partial charge in [-0.25, -0.2) is 9.97 Å². The maximum atomic E-state index is 5.07. The van der Waals surface area contributed by atoms with Gasteiger partial charge >= 0.3 is 0 Å². The summed E-state index contributed by atoms with van der Waals surface area (Å²) in [6, 6.07) is 42.3. The Balaban J connectivity index is 1.44. The van der Waals surface area contributed by atoms with Gasteiger partial charge in [0.25, 0.3) is 0 Å². The minimum atomic E-state index is 0.901. The summed E-state index contributed by atoms with van der Waals surface area (Å²) < 4.78 is 9.03. The predicted octanol–water partition coefficient (Wildman–Crippen LogP) is 7.18. The van der Waals surface area contributed by atoms with E-state index < -0.39 is 0 Å². The molecule has 0 radical (unpaired) electrons. The number of benzene rings is 5. The van der Waals surface area contributed by atoms with Gasteiger partial charge in [0.1, 0.15) is 0 Å². The zero-order valence-electron chi connectivity index (χ0n) is 20.2. The third kappa shape index (κ3) is 2.46. The lowest BCUT2D eigenvalue weighted by Gasteiger charge is -2.08. The Kier molecular flexibility index (Phi) is 3.70. The van der Waals surface area contributed by atoms with E-state index in [1.54, 1.807) is 0 Å². The molecule has 0 unspecified atom stereocenters. The molecule has 0 aliphatic rings. The lowest BCUT2D eigenvalue weighted by Crippen LogP contribution is -1.97. The van der Waals surface area contributed by atoms with E-state index in [9.17, 15) is 0 Å². The molecule has 0 spiro atoms. The van der Waals surface area contributed by atoms with Gasteiger partial charge in [-0.15, -0.1) is 0 Å². The summed E-state index contributed by atoms with van der Waals surface area (Å²) >= 11 is 0. The zero-order valence-corrected chi connectivity index (χ0v) is 20.2.